The van der Waals surface area contributed by atoms with Crippen molar-refractivity contribution in [1.82, 2.24) is 15.2 Å². The van der Waals surface area contributed by atoms with Gasteiger partial charge in [-0.2, -0.15) is 5.10 Å². The van der Waals surface area contributed by atoms with Crippen molar-refractivity contribution in [3.05, 3.63) is 64.4 Å². The van der Waals surface area contributed by atoms with Crippen LogP contribution in [0.1, 0.15) is 5.56 Å². The Bertz CT molecular complexity index is 954. The van der Waals surface area contributed by atoms with E-state index in [-0.39, 0.29) is 23.0 Å². The number of rotatable bonds is 5. The molecule has 8 nitrogen and oxygen atoms in total. The number of anilines is 1. The molecule has 0 radical (unpaired) electrons. The largest absolute Gasteiger partial charge is 0.504 e. The SMILES string of the molecule is COc1cc(/C=N/Nc2nnc(-c3ccccc3)c(=O)[nH]2)ccc1O. The van der Waals surface area contributed by atoms with Gasteiger partial charge in [-0.25, -0.2) is 5.43 Å². The topological polar surface area (TPSA) is 112 Å². The van der Waals surface area contributed by atoms with E-state index in [2.05, 4.69) is 25.7 Å². The van der Waals surface area contributed by atoms with E-state index in [1.807, 2.05) is 18.2 Å². The molecule has 3 rings (SSSR count). The highest BCUT2D eigenvalue weighted by molar-refractivity contribution is 5.81. The van der Waals surface area contributed by atoms with Gasteiger partial charge in [-0.15, -0.1) is 10.2 Å². The molecule has 0 fully saturated rings. The predicted molar refractivity (Wildman–Crippen MR) is 94.0 cm³/mol. The molecular weight excluding hydrogens is 322 g/mol. The Labute approximate surface area is 142 Å². The number of nitrogens with zero attached hydrogens (tertiary/aromatic N) is 3. The van der Waals surface area contributed by atoms with Crippen molar-refractivity contribution < 1.29 is 9.84 Å². The molecule has 126 valence electrons. The van der Waals surface area contributed by atoms with Crippen molar-refractivity contribution in [1.29, 1.82) is 0 Å². The Balaban J connectivity index is 1.74. The Hall–Kier alpha value is -3.68. The van der Waals surface area contributed by atoms with E-state index < -0.39 is 0 Å². The molecule has 0 aliphatic rings. The molecule has 0 unspecified atom stereocenters. The number of aromatic nitrogens is 3. The maximum atomic E-state index is 12.1. The summed E-state index contributed by atoms with van der Waals surface area (Å²) >= 11 is 0. The Morgan fingerprint density at radius 2 is 2.00 bits per heavy atom. The maximum Gasteiger partial charge on any atom is 0.279 e. The van der Waals surface area contributed by atoms with Gasteiger partial charge >= 0.3 is 0 Å². The highest BCUT2D eigenvalue weighted by Crippen LogP contribution is 2.25. The number of benzene rings is 2. The molecule has 0 atom stereocenters. The van der Waals surface area contributed by atoms with E-state index in [0.717, 1.165) is 0 Å². The van der Waals surface area contributed by atoms with Crippen LogP contribution in [0.25, 0.3) is 11.3 Å². The third-order valence-corrected chi connectivity index (χ3v) is 3.33. The van der Waals surface area contributed by atoms with E-state index in [9.17, 15) is 9.90 Å². The van der Waals surface area contributed by atoms with Crippen LogP contribution in [0.2, 0.25) is 0 Å². The van der Waals surface area contributed by atoms with Gasteiger partial charge in [-0.05, 0) is 23.8 Å². The molecule has 0 saturated carbocycles. The summed E-state index contributed by atoms with van der Waals surface area (Å²) in [7, 11) is 1.46. The first-order valence-electron chi connectivity index (χ1n) is 7.36. The number of aromatic amines is 1. The molecular formula is C17H15N5O3. The van der Waals surface area contributed by atoms with Gasteiger partial charge < -0.3 is 9.84 Å². The second-order valence-corrected chi connectivity index (χ2v) is 5.02. The average molecular weight is 337 g/mol. The van der Waals surface area contributed by atoms with E-state index in [1.54, 1.807) is 24.3 Å². The standard InChI is InChI=1S/C17H15N5O3/c1-25-14-9-11(7-8-13(14)23)10-18-21-17-19-16(24)15(20-22-17)12-5-3-2-4-6-12/h2-10,23H,1H3,(H2,19,21,22,24)/b18-10+. The molecule has 0 aliphatic heterocycles. The lowest BCUT2D eigenvalue weighted by atomic mass is 10.2. The van der Waals surface area contributed by atoms with Crippen molar-refractivity contribution in [2.45, 2.75) is 0 Å². The van der Waals surface area contributed by atoms with Crippen molar-refractivity contribution in [3.63, 3.8) is 0 Å². The van der Waals surface area contributed by atoms with E-state index in [0.29, 0.717) is 16.9 Å². The maximum absolute atomic E-state index is 12.1. The summed E-state index contributed by atoms with van der Waals surface area (Å²) in [6.07, 6.45) is 1.49. The Kier molecular flexibility index (Phi) is 4.70. The van der Waals surface area contributed by atoms with Crippen LogP contribution in [0.3, 0.4) is 0 Å². The van der Waals surface area contributed by atoms with Crippen molar-refractivity contribution in [3.8, 4) is 22.8 Å². The number of methoxy groups -OCH3 is 1. The minimum absolute atomic E-state index is 0.0410. The summed E-state index contributed by atoms with van der Waals surface area (Å²) in [5.74, 6) is 0.496. The van der Waals surface area contributed by atoms with Gasteiger partial charge in [0, 0.05) is 5.56 Å². The Morgan fingerprint density at radius 1 is 1.20 bits per heavy atom. The second kappa shape index (κ2) is 7.26. The molecule has 0 spiro atoms. The number of hydrazone groups is 1. The highest BCUT2D eigenvalue weighted by atomic mass is 16.5. The molecule has 3 aromatic rings. The van der Waals surface area contributed by atoms with Crippen molar-refractivity contribution >= 4 is 12.2 Å². The van der Waals surface area contributed by atoms with Crippen molar-refractivity contribution in [2.75, 3.05) is 12.5 Å². The molecule has 0 aliphatic carbocycles. The third-order valence-electron chi connectivity index (χ3n) is 3.33. The molecule has 3 N–H and O–H groups in total. The van der Waals surface area contributed by atoms with Gasteiger partial charge in [-0.1, -0.05) is 30.3 Å². The first-order valence-corrected chi connectivity index (χ1v) is 7.36. The summed E-state index contributed by atoms with van der Waals surface area (Å²) in [6, 6.07) is 13.8. The number of phenolic OH excluding ortho intramolecular Hbond substituents is 1. The van der Waals surface area contributed by atoms with Crippen molar-refractivity contribution in [2.24, 2.45) is 5.10 Å². The zero-order chi connectivity index (χ0) is 17.6. The molecule has 2 aromatic carbocycles. The summed E-state index contributed by atoms with van der Waals surface area (Å²) in [5, 5.41) is 21.4. The van der Waals surface area contributed by atoms with Crippen LogP contribution in [-0.4, -0.2) is 33.6 Å². The van der Waals surface area contributed by atoms with Crippen LogP contribution in [0.4, 0.5) is 5.95 Å². The van der Waals surface area contributed by atoms with E-state index in [4.69, 9.17) is 4.74 Å². The van der Waals surface area contributed by atoms with Crippen LogP contribution in [0, 0.1) is 0 Å². The monoisotopic (exact) mass is 337 g/mol. The zero-order valence-electron chi connectivity index (χ0n) is 13.3. The first-order chi connectivity index (χ1) is 12.2. The van der Waals surface area contributed by atoms with Gasteiger partial charge in [0.05, 0.1) is 13.3 Å². The Morgan fingerprint density at radius 3 is 2.72 bits per heavy atom. The second-order valence-electron chi connectivity index (χ2n) is 5.02. The van der Waals surface area contributed by atoms with Gasteiger partial charge in [0.15, 0.2) is 17.2 Å². The number of aromatic hydroxyl groups is 1. The molecule has 0 amide bonds. The van der Waals surface area contributed by atoms with Crippen LogP contribution >= 0.6 is 0 Å². The van der Waals surface area contributed by atoms with Crippen LogP contribution in [-0.2, 0) is 0 Å². The summed E-state index contributed by atoms with van der Waals surface area (Å²) in [4.78, 5) is 14.7. The summed E-state index contributed by atoms with van der Waals surface area (Å²) in [5.41, 5.74) is 3.84. The zero-order valence-corrected chi connectivity index (χ0v) is 13.3. The minimum atomic E-state index is -0.370. The molecule has 0 saturated heterocycles. The van der Waals surface area contributed by atoms with Gasteiger partial charge in [0.1, 0.15) is 0 Å². The highest BCUT2D eigenvalue weighted by Gasteiger charge is 2.06. The van der Waals surface area contributed by atoms with Gasteiger partial charge in [0.2, 0.25) is 5.95 Å². The average Bonchev–Trinajstić information content (AvgIpc) is 2.64. The van der Waals surface area contributed by atoms with E-state index in [1.165, 1.54) is 19.4 Å². The smallest absolute Gasteiger partial charge is 0.279 e. The fourth-order valence-corrected chi connectivity index (χ4v) is 2.11. The fourth-order valence-electron chi connectivity index (χ4n) is 2.11. The molecule has 1 aromatic heterocycles. The number of ether oxygens (including phenoxy) is 1. The number of H-pyrrole nitrogens is 1. The van der Waals surface area contributed by atoms with Gasteiger partial charge in [0.25, 0.3) is 5.56 Å². The quantitative estimate of drug-likeness (QED) is 0.485. The molecule has 0 bridgehead atoms. The van der Waals surface area contributed by atoms with Crippen LogP contribution < -0.4 is 15.7 Å². The predicted octanol–water partition coefficient (Wildman–Crippen LogP) is 1.99. The van der Waals surface area contributed by atoms with E-state index >= 15 is 0 Å². The number of hydrogen-bond acceptors (Lipinski definition) is 7. The third kappa shape index (κ3) is 3.81. The molecule has 25 heavy (non-hydrogen) atoms. The first kappa shape index (κ1) is 16.2. The van der Waals surface area contributed by atoms with Gasteiger partial charge in [-0.3, -0.25) is 9.78 Å². The van der Waals surface area contributed by atoms with Crippen LogP contribution in [0.15, 0.2) is 58.4 Å². The number of phenols is 1. The number of hydrogen-bond donors (Lipinski definition) is 3. The van der Waals surface area contributed by atoms with Crippen LogP contribution in [0.5, 0.6) is 11.5 Å². The fraction of sp³-hybridized carbons (Fsp3) is 0.0588. The summed E-state index contributed by atoms with van der Waals surface area (Å²) in [6.45, 7) is 0. The lowest BCUT2D eigenvalue weighted by Crippen LogP contribution is -2.15. The lowest BCUT2D eigenvalue weighted by molar-refractivity contribution is 0.373. The number of nitrogens with one attached hydrogen (secondary N) is 2. The summed E-state index contributed by atoms with van der Waals surface area (Å²) < 4.78 is 5.02. The lowest BCUT2D eigenvalue weighted by Gasteiger charge is -2.03. The normalized spacial score (nSPS) is 10.8. The minimum Gasteiger partial charge on any atom is -0.504 e. The molecule has 1 heterocycles. The molecule has 8 heteroatoms.